The highest BCUT2D eigenvalue weighted by Crippen LogP contribution is 2.26. The second kappa shape index (κ2) is 7.85. The summed E-state index contributed by atoms with van der Waals surface area (Å²) < 4.78 is 2.19. The fourth-order valence-electron chi connectivity index (χ4n) is 4.15. The van der Waals surface area contributed by atoms with Crippen molar-refractivity contribution in [2.75, 3.05) is 26.2 Å². The Morgan fingerprint density at radius 2 is 1.96 bits per heavy atom. The number of aromatic amines is 1. The SMILES string of the molecule is Cn1c(CN2CCC(O)CC2)nnc1[C@@H]1CCCN(Cc2ncc[nH]2)C1. The first kappa shape index (κ1) is 17.6. The van der Waals surface area contributed by atoms with Crippen molar-refractivity contribution in [3.8, 4) is 0 Å². The summed E-state index contributed by atoms with van der Waals surface area (Å²) in [7, 11) is 2.09. The molecule has 0 aromatic carbocycles. The second-order valence-electron chi connectivity index (χ2n) is 7.65. The lowest BCUT2D eigenvalue weighted by Crippen LogP contribution is -2.36. The standard InChI is InChI=1S/C18H29N7O/c1-23-17(13-24-9-4-15(26)5-10-24)21-22-18(23)14-3-2-8-25(11-14)12-16-19-6-7-20-16/h6-7,14-15,26H,2-5,8-13H2,1H3,(H,19,20)/t14-/m1/s1. The van der Waals surface area contributed by atoms with Crippen LogP contribution in [0, 0.1) is 0 Å². The average molecular weight is 359 g/mol. The monoisotopic (exact) mass is 359 g/mol. The van der Waals surface area contributed by atoms with E-state index in [1.54, 1.807) is 0 Å². The number of aromatic nitrogens is 5. The van der Waals surface area contributed by atoms with E-state index in [1.165, 1.54) is 6.42 Å². The Balaban J connectivity index is 1.38. The third kappa shape index (κ3) is 3.97. The highest BCUT2D eigenvalue weighted by atomic mass is 16.3. The van der Waals surface area contributed by atoms with E-state index in [4.69, 9.17) is 0 Å². The smallest absolute Gasteiger partial charge is 0.146 e. The first-order valence-electron chi connectivity index (χ1n) is 9.68. The van der Waals surface area contributed by atoms with E-state index in [0.717, 1.165) is 76.0 Å². The molecule has 2 fully saturated rings. The molecule has 2 aromatic rings. The molecule has 4 rings (SSSR count). The minimum absolute atomic E-state index is 0.135. The molecule has 0 spiro atoms. The molecule has 2 aromatic heterocycles. The number of rotatable bonds is 5. The lowest BCUT2D eigenvalue weighted by atomic mass is 9.97. The molecule has 2 saturated heterocycles. The van der Waals surface area contributed by atoms with Gasteiger partial charge in [-0.3, -0.25) is 9.80 Å². The molecule has 26 heavy (non-hydrogen) atoms. The third-order valence-electron chi connectivity index (χ3n) is 5.72. The molecule has 4 heterocycles. The Labute approximate surface area is 154 Å². The number of nitrogens with zero attached hydrogens (tertiary/aromatic N) is 6. The Kier molecular flexibility index (Phi) is 5.33. The minimum atomic E-state index is -0.135. The van der Waals surface area contributed by atoms with Crippen molar-refractivity contribution in [1.29, 1.82) is 0 Å². The van der Waals surface area contributed by atoms with Crippen molar-refractivity contribution in [3.05, 3.63) is 29.9 Å². The average Bonchev–Trinajstić information content (AvgIpc) is 3.28. The molecule has 2 aliphatic rings. The summed E-state index contributed by atoms with van der Waals surface area (Å²) in [4.78, 5) is 12.4. The first-order valence-corrected chi connectivity index (χ1v) is 9.68. The zero-order valence-corrected chi connectivity index (χ0v) is 15.5. The fraction of sp³-hybridized carbons (Fsp3) is 0.722. The molecule has 0 unspecified atom stereocenters. The van der Waals surface area contributed by atoms with Crippen molar-refractivity contribution < 1.29 is 5.11 Å². The van der Waals surface area contributed by atoms with Crippen molar-refractivity contribution in [3.63, 3.8) is 0 Å². The summed E-state index contributed by atoms with van der Waals surface area (Å²) in [6.07, 6.45) is 7.61. The van der Waals surface area contributed by atoms with E-state index >= 15 is 0 Å². The van der Waals surface area contributed by atoms with Gasteiger partial charge in [0.1, 0.15) is 17.5 Å². The summed E-state index contributed by atoms with van der Waals surface area (Å²) >= 11 is 0. The van der Waals surface area contributed by atoms with Crippen LogP contribution in [0.15, 0.2) is 12.4 Å². The highest BCUT2D eigenvalue weighted by molar-refractivity contribution is 5.04. The Morgan fingerprint density at radius 1 is 1.12 bits per heavy atom. The quantitative estimate of drug-likeness (QED) is 0.824. The zero-order chi connectivity index (χ0) is 17.9. The van der Waals surface area contributed by atoms with Crippen LogP contribution < -0.4 is 0 Å². The van der Waals surface area contributed by atoms with Gasteiger partial charge in [-0.25, -0.2) is 4.98 Å². The van der Waals surface area contributed by atoms with Crippen LogP contribution in [0.2, 0.25) is 0 Å². The molecule has 8 heteroatoms. The molecular weight excluding hydrogens is 330 g/mol. The number of aliphatic hydroxyl groups excluding tert-OH is 1. The van der Waals surface area contributed by atoms with Crippen LogP contribution in [0.25, 0.3) is 0 Å². The van der Waals surface area contributed by atoms with Gasteiger partial charge in [0.2, 0.25) is 0 Å². The van der Waals surface area contributed by atoms with Crippen LogP contribution in [-0.2, 0) is 20.1 Å². The normalized spacial score (nSPS) is 23.5. The van der Waals surface area contributed by atoms with Crippen molar-refractivity contribution in [1.82, 2.24) is 34.5 Å². The lowest BCUT2D eigenvalue weighted by molar-refractivity contribution is 0.0775. The number of piperidine rings is 2. The van der Waals surface area contributed by atoms with E-state index in [-0.39, 0.29) is 6.10 Å². The number of hydrogen-bond acceptors (Lipinski definition) is 6. The maximum Gasteiger partial charge on any atom is 0.146 e. The number of H-pyrrole nitrogens is 1. The highest BCUT2D eigenvalue weighted by Gasteiger charge is 2.27. The van der Waals surface area contributed by atoms with Gasteiger partial charge in [0.05, 0.1) is 19.2 Å². The molecule has 142 valence electrons. The molecule has 8 nitrogen and oxygen atoms in total. The molecule has 1 atom stereocenters. The molecule has 2 aliphatic heterocycles. The van der Waals surface area contributed by atoms with Crippen LogP contribution in [-0.4, -0.2) is 71.9 Å². The predicted molar refractivity (Wildman–Crippen MR) is 97.4 cm³/mol. The van der Waals surface area contributed by atoms with Crippen LogP contribution in [0.1, 0.15) is 49.1 Å². The summed E-state index contributed by atoms with van der Waals surface area (Å²) in [5, 5.41) is 18.7. The summed E-state index contributed by atoms with van der Waals surface area (Å²) in [6, 6.07) is 0. The van der Waals surface area contributed by atoms with E-state index in [1.807, 2.05) is 12.4 Å². The summed E-state index contributed by atoms with van der Waals surface area (Å²) in [5.41, 5.74) is 0. The molecule has 0 amide bonds. The maximum atomic E-state index is 9.67. The molecular formula is C18H29N7O. The number of hydrogen-bond donors (Lipinski definition) is 2. The summed E-state index contributed by atoms with van der Waals surface area (Å²) in [5.74, 6) is 3.57. The predicted octanol–water partition coefficient (Wildman–Crippen LogP) is 0.874. The van der Waals surface area contributed by atoms with E-state index in [0.29, 0.717) is 5.92 Å². The maximum absolute atomic E-state index is 9.67. The van der Waals surface area contributed by atoms with Gasteiger partial charge in [-0.1, -0.05) is 0 Å². The van der Waals surface area contributed by atoms with Crippen molar-refractivity contribution >= 4 is 0 Å². The van der Waals surface area contributed by atoms with Crippen LogP contribution >= 0.6 is 0 Å². The topological polar surface area (TPSA) is 86.1 Å². The summed E-state index contributed by atoms with van der Waals surface area (Å²) in [6.45, 7) is 5.66. The third-order valence-corrected chi connectivity index (χ3v) is 5.72. The molecule has 0 bridgehead atoms. The van der Waals surface area contributed by atoms with Crippen LogP contribution in [0.3, 0.4) is 0 Å². The van der Waals surface area contributed by atoms with Gasteiger partial charge in [0, 0.05) is 45.0 Å². The second-order valence-corrected chi connectivity index (χ2v) is 7.65. The Morgan fingerprint density at radius 3 is 2.73 bits per heavy atom. The van der Waals surface area contributed by atoms with Gasteiger partial charge in [-0.15, -0.1) is 10.2 Å². The van der Waals surface area contributed by atoms with Crippen LogP contribution in [0.5, 0.6) is 0 Å². The van der Waals surface area contributed by atoms with Gasteiger partial charge in [-0.2, -0.15) is 0 Å². The Bertz CT molecular complexity index is 690. The number of likely N-dealkylation sites (tertiary alicyclic amines) is 2. The van der Waals surface area contributed by atoms with Crippen molar-refractivity contribution in [2.45, 2.75) is 50.8 Å². The minimum Gasteiger partial charge on any atom is -0.393 e. The Hall–Kier alpha value is -1.77. The number of imidazole rings is 1. The first-order chi connectivity index (χ1) is 12.7. The van der Waals surface area contributed by atoms with Gasteiger partial charge in [0.25, 0.3) is 0 Å². The van der Waals surface area contributed by atoms with Gasteiger partial charge < -0.3 is 14.7 Å². The number of aliphatic hydroxyl groups is 1. The van der Waals surface area contributed by atoms with E-state index in [9.17, 15) is 5.11 Å². The molecule has 2 N–H and O–H groups in total. The van der Waals surface area contributed by atoms with Crippen molar-refractivity contribution in [2.24, 2.45) is 7.05 Å². The van der Waals surface area contributed by atoms with Gasteiger partial charge in [0.15, 0.2) is 0 Å². The fourth-order valence-corrected chi connectivity index (χ4v) is 4.15. The molecule has 0 aliphatic carbocycles. The molecule has 0 radical (unpaired) electrons. The van der Waals surface area contributed by atoms with Gasteiger partial charge >= 0.3 is 0 Å². The largest absolute Gasteiger partial charge is 0.393 e. The van der Waals surface area contributed by atoms with Crippen LogP contribution in [0.4, 0.5) is 0 Å². The zero-order valence-electron chi connectivity index (χ0n) is 15.5. The van der Waals surface area contributed by atoms with E-state index in [2.05, 4.69) is 41.6 Å². The number of nitrogens with one attached hydrogen (secondary N) is 1. The molecule has 0 saturated carbocycles. The van der Waals surface area contributed by atoms with Gasteiger partial charge in [-0.05, 0) is 32.2 Å². The lowest BCUT2D eigenvalue weighted by Gasteiger charge is -2.31. The van der Waals surface area contributed by atoms with E-state index < -0.39 is 0 Å².